The molecule has 1 heterocycles. The van der Waals surface area contributed by atoms with E-state index in [1.54, 1.807) is 11.3 Å². The lowest BCUT2D eigenvalue weighted by atomic mass is 10.0. The number of rotatable bonds is 9. The van der Waals surface area contributed by atoms with E-state index in [9.17, 15) is 0 Å². The van der Waals surface area contributed by atoms with Crippen LogP contribution in [0, 0.1) is 5.41 Å². The summed E-state index contributed by atoms with van der Waals surface area (Å²) in [5.41, 5.74) is 0.439. The van der Waals surface area contributed by atoms with Crippen molar-refractivity contribution < 1.29 is 4.74 Å². The van der Waals surface area contributed by atoms with E-state index >= 15 is 0 Å². The normalized spacial score (nSPS) is 16.0. The molecule has 0 atom stereocenters. The monoisotopic (exact) mass is 437 g/mol. The zero-order valence-corrected chi connectivity index (χ0v) is 16.7. The fourth-order valence-electron chi connectivity index (χ4n) is 2.30. The van der Waals surface area contributed by atoms with Crippen LogP contribution >= 0.6 is 35.3 Å². The SMILES string of the molecule is CCNC(=NCc1cccs1)NCC1(CCOCC)CC1.I. The first-order chi connectivity index (χ1) is 10.3. The van der Waals surface area contributed by atoms with E-state index in [0.29, 0.717) is 5.41 Å². The fourth-order valence-corrected chi connectivity index (χ4v) is 2.93. The average Bonchev–Trinajstić information content (AvgIpc) is 3.06. The van der Waals surface area contributed by atoms with Gasteiger partial charge in [-0.15, -0.1) is 35.3 Å². The molecule has 0 saturated heterocycles. The molecule has 126 valence electrons. The van der Waals surface area contributed by atoms with Crippen molar-refractivity contribution in [2.24, 2.45) is 10.4 Å². The molecular weight excluding hydrogens is 409 g/mol. The maximum absolute atomic E-state index is 5.49. The van der Waals surface area contributed by atoms with Crippen LogP contribution in [0.3, 0.4) is 0 Å². The molecule has 1 aromatic rings. The van der Waals surface area contributed by atoms with Crippen LogP contribution in [0.4, 0.5) is 0 Å². The highest BCUT2D eigenvalue weighted by Gasteiger charge is 2.41. The smallest absolute Gasteiger partial charge is 0.191 e. The molecule has 1 aliphatic carbocycles. The molecule has 0 spiro atoms. The van der Waals surface area contributed by atoms with E-state index in [1.807, 2.05) is 0 Å². The molecule has 1 fully saturated rings. The summed E-state index contributed by atoms with van der Waals surface area (Å²) in [6, 6.07) is 4.20. The van der Waals surface area contributed by atoms with Crippen LogP contribution in [0.25, 0.3) is 0 Å². The minimum atomic E-state index is 0. The first-order valence-electron chi connectivity index (χ1n) is 7.90. The molecule has 0 unspecified atom stereocenters. The third kappa shape index (κ3) is 6.83. The van der Waals surface area contributed by atoms with Crippen LogP contribution in [0.15, 0.2) is 22.5 Å². The Kier molecular flexibility index (Phi) is 9.35. The number of ether oxygens (including phenoxy) is 1. The molecular formula is C16H28IN3OS. The molecule has 1 aromatic heterocycles. The molecule has 0 radical (unpaired) electrons. The number of halogens is 1. The van der Waals surface area contributed by atoms with Gasteiger partial charge in [0.2, 0.25) is 0 Å². The van der Waals surface area contributed by atoms with Gasteiger partial charge in [-0.2, -0.15) is 0 Å². The highest BCUT2D eigenvalue weighted by molar-refractivity contribution is 14.0. The van der Waals surface area contributed by atoms with Crippen molar-refractivity contribution in [1.29, 1.82) is 0 Å². The van der Waals surface area contributed by atoms with Gasteiger partial charge in [0.05, 0.1) is 6.54 Å². The molecule has 2 rings (SSSR count). The molecule has 1 saturated carbocycles. The van der Waals surface area contributed by atoms with E-state index < -0.39 is 0 Å². The van der Waals surface area contributed by atoms with Crippen LogP contribution < -0.4 is 10.6 Å². The summed E-state index contributed by atoms with van der Waals surface area (Å²) in [6.07, 6.45) is 3.76. The lowest BCUT2D eigenvalue weighted by Crippen LogP contribution is -2.40. The second-order valence-corrected chi connectivity index (χ2v) is 6.61. The zero-order chi connectivity index (χ0) is 15.0. The molecule has 22 heavy (non-hydrogen) atoms. The first-order valence-corrected chi connectivity index (χ1v) is 8.78. The average molecular weight is 437 g/mol. The Bertz CT molecular complexity index is 433. The summed E-state index contributed by atoms with van der Waals surface area (Å²) in [7, 11) is 0. The maximum atomic E-state index is 5.49. The predicted octanol–water partition coefficient (Wildman–Crippen LogP) is 3.63. The number of hydrogen-bond donors (Lipinski definition) is 2. The number of aliphatic imine (C=N–C) groups is 1. The second kappa shape index (κ2) is 10.4. The summed E-state index contributed by atoms with van der Waals surface area (Å²) < 4.78 is 5.49. The third-order valence-electron chi connectivity index (χ3n) is 3.89. The van der Waals surface area contributed by atoms with Gasteiger partial charge in [0, 0.05) is 31.2 Å². The fraction of sp³-hybridized carbons (Fsp3) is 0.688. The Labute approximate surface area is 155 Å². The van der Waals surface area contributed by atoms with Gasteiger partial charge in [0.15, 0.2) is 5.96 Å². The van der Waals surface area contributed by atoms with E-state index in [-0.39, 0.29) is 24.0 Å². The minimum absolute atomic E-state index is 0. The Hall–Kier alpha value is -0.340. The van der Waals surface area contributed by atoms with Crippen LogP contribution in [0.1, 0.15) is 38.0 Å². The number of thiophene rings is 1. The molecule has 0 aromatic carbocycles. The summed E-state index contributed by atoms with van der Waals surface area (Å²) in [5.74, 6) is 0.925. The molecule has 0 aliphatic heterocycles. The Morgan fingerprint density at radius 3 is 2.77 bits per heavy atom. The van der Waals surface area contributed by atoms with E-state index in [1.165, 1.54) is 17.7 Å². The molecule has 1 aliphatic rings. The number of guanidine groups is 1. The number of nitrogens with zero attached hydrogens (tertiary/aromatic N) is 1. The quantitative estimate of drug-likeness (QED) is 0.269. The predicted molar refractivity (Wildman–Crippen MR) is 105 cm³/mol. The lowest BCUT2D eigenvalue weighted by molar-refractivity contribution is 0.128. The van der Waals surface area contributed by atoms with Gasteiger partial charge >= 0.3 is 0 Å². The highest BCUT2D eigenvalue weighted by Crippen LogP contribution is 2.48. The van der Waals surface area contributed by atoms with Gasteiger partial charge in [0.25, 0.3) is 0 Å². The van der Waals surface area contributed by atoms with Crippen molar-refractivity contribution in [3.63, 3.8) is 0 Å². The third-order valence-corrected chi connectivity index (χ3v) is 4.75. The summed E-state index contributed by atoms with van der Waals surface area (Å²) in [5, 5.41) is 8.92. The number of hydrogen-bond acceptors (Lipinski definition) is 3. The standard InChI is InChI=1S/C16H27N3OS.HI/c1-3-17-15(18-12-14-6-5-11-21-14)19-13-16(7-8-16)9-10-20-4-2;/h5-6,11H,3-4,7-10,12-13H2,1-2H3,(H2,17,18,19);1H. The van der Waals surface area contributed by atoms with Crippen molar-refractivity contribution >= 4 is 41.3 Å². The van der Waals surface area contributed by atoms with Crippen molar-refractivity contribution in [2.45, 2.75) is 39.7 Å². The Balaban J connectivity index is 0.00000242. The van der Waals surface area contributed by atoms with E-state index in [2.05, 4.69) is 47.0 Å². The Morgan fingerprint density at radius 2 is 2.18 bits per heavy atom. The van der Waals surface area contributed by atoms with Gasteiger partial charge < -0.3 is 15.4 Å². The van der Waals surface area contributed by atoms with E-state index in [0.717, 1.165) is 45.2 Å². The highest BCUT2D eigenvalue weighted by atomic mass is 127. The summed E-state index contributed by atoms with van der Waals surface area (Å²) in [6.45, 7) is 8.48. The largest absolute Gasteiger partial charge is 0.382 e. The van der Waals surface area contributed by atoms with Gasteiger partial charge in [-0.3, -0.25) is 0 Å². The van der Waals surface area contributed by atoms with Gasteiger partial charge in [-0.25, -0.2) is 4.99 Å². The van der Waals surface area contributed by atoms with Crippen LogP contribution in [0.2, 0.25) is 0 Å². The molecule has 2 N–H and O–H groups in total. The molecule has 0 amide bonds. The molecule has 6 heteroatoms. The number of nitrogens with one attached hydrogen (secondary N) is 2. The van der Waals surface area contributed by atoms with Crippen molar-refractivity contribution in [3.8, 4) is 0 Å². The molecule has 0 bridgehead atoms. The Morgan fingerprint density at radius 1 is 1.36 bits per heavy atom. The minimum Gasteiger partial charge on any atom is -0.382 e. The van der Waals surface area contributed by atoms with E-state index in [4.69, 9.17) is 4.74 Å². The summed E-state index contributed by atoms with van der Waals surface area (Å²) in [4.78, 5) is 5.95. The van der Waals surface area contributed by atoms with Gasteiger partial charge in [0.1, 0.15) is 0 Å². The van der Waals surface area contributed by atoms with Gasteiger partial charge in [-0.1, -0.05) is 6.07 Å². The van der Waals surface area contributed by atoms with Crippen LogP contribution in [-0.4, -0.2) is 32.3 Å². The topological polar surface area (TPSA) is 45.7 Å². The first kappa shape index (κ1) is 19.7. The zero-order valence-electron chi connectivity index (χ0n) is 13.6. The van der Waals surface area contributed by atoms with Crippen LogP contribution in [0.5, 0.6) is 0 Å². The van der Waals surface area contributed by atoms with Crippen LogP contribution in [-0.2, 0) is 11.3 Å². The second-order valence-electron chi connectivity index (χ2n) is 5.58. The van der Waals surface area contributed by atoms with Crippen molar-refractivity contribution in [1.82, 2.24) is 10.6 Å². The lowest BCUT2D eigenvalue weighted by Gasteiger charge is -2.18. The van der Waals surface area contributed by atoms with Crippen molar-refractivity contribution in [2.75, 3.05) is 26.3 Å². The van der Waals surface area contributed by atoms with Gasteiger partial charge in [-0.05, 0) is 50.0 Å². The molecule has 4 nitrogen and oxygen atoms in total. The summed E-state index contributed by atoms with van der Waals surface area (Å²) >= 11 is 1.75. The maximum Gasteiger partial charge on any atom is 0.191 e. The van der Waals surface area contributed by atoms with Crippen molar-refractivity contribution in [3.05, 3.63) is 22.4 Å².